The molecule has 1 N–H and O–H groups in total. The molecule has 5 heteroatoms. The first kappa shape index (κ1) is 12.2. The predicted molar refractivity (Wildman–Crippen MR) is 58.9 cm³/mol. The summed E-state index contributed by atoms with van der Waals surface area (Å²) in [6.07, 6.45) is 0.449. The molecule has 0 fully saturated rings. The van der Waals surface area contributed by atoms with Gasteiger partial charge in [-0.2, -0.15) is 0 Å². The number of hydrogen-bond acceptors (Lipinski definition) is 3. The number of hydrogen-bond donors (Lipinski definition) is 1. The number of benzene rings is 1. The number of nitrogens with zero attached hydrogens (tertiary/aromatic N) is 1. The summed E-state index contributed by atoms with van der Waals surface area (Å²) in [5, 5.41) is 19.9. The van der Waals surface area contributed by atoms with Gasteiger partial charge in [0.1, 0.15) is 0 Å². The maximum Gasteiger partial charge on any atom is 0.335 e. The molecule has 0 aliphatic heterocycles. The maximum absolute atomic E-state index is 11.0. The van der Waals surface area contributed by atoms with E-state index in [1.165, 1.54) is 6.07 Å². The van der Waals surface area contributed by atoms with E-state index in [2.05, 4.69) is 0 Å². The average Bonchev–Trinajstić information content (AvgIpc) is 2.19. The quantitative estimate of drug-likeness (QED) is 0.630. The Morgan fingerprint density at radius 1 is 1.50 bits per heavy atom. The van der Waals surface area contributed by atoms with E-state index in [-0.39, 0.29) is 11.3 Å². The van der Waals surface area contributed by atoms with Crippen molar-refractivity contribution in [2.75, 3.05) is 0 Å². The van der Waals surface area contributed by atoms with Gasteiger partial charge in [-0.05, 0) is 31.9 Å². The molecule has 1 aromatic rings. The minimum absolute atomic E-state index is 0.0324. The van der Waals surface area contributed by atoms with Crippen molar-refractivity contribution in [3.63, 3.8) is 0 Å². The topological polar surface area (TPSA) is 80.4 Å². The van der Waals surface area contributed by atoms with Crippen molar-refractivity contribution in [2.45, 2.75) is 27.2 Å². The van der Waals surface area contributed by atoms with E-state index in [4.69, 9.17) is 5.11 Å². The van der Waals surface area contributed by atoms with E-state index in [9.17, 15) is 14.9 Å². The summed E-state index contributed by atoms with van der Waals surface area (Å²) < 4.78 is 0. The van der Waals surface area contributed by atoms with E-state index in [0.29, 0.717) is 23.1 Å². The van der Waals surface area contributed by atoms with Gasteiger partial charge in [-0.3, -0.25) is 10.1 Å². The van der Waals surface area contributed by atoms with Crippen LogP contribution in [0.3, 0.4) is 0 Å². The van der Waals surface area contributed by atoms with Crippen LogP contribution in [-0.2, 0) is 6.42 Å². The number of aryl methyl sites for hydroxylation is 1. The Kier molecular flexibility index (Phi) is 3.27. The van der Waals surface area contributed by atoms with Gasteiger partial charge >= 0.3 is 5.97 Å². The summed E-state index contributed by atoms with van der Waals surface area (Å²) in [4.78, 5) is 21.4. The lowest BCUT2D eigenvalue weighted by molar-refractivity contribution is -0.386. The van der Waals surface area contributed by atoms with E-state index in [0.717, 1.165) is 0 Å². The number of nitro groups is 1. The second kappa shape index (κ2) is 4.30. The Morgan fingerprint density at radius 2 is 2.06 bits per heavy atom. The summed E-state index contributed by atoms with van der Waals surface area (Å²) in [6, 6.07) is 1.36. The van der Waals surface area contributed by atoms with Crippen molar-refractivity contribution in [1.29, 1.82) is 0 Å². The molecular weight excluding hydrogens is 210 g/mol. The average molecular weight is 223 g/mol. The molecular formula is C11H13NO4. The van der Waals surface area contributed by atoms with E-state index < -0.39 is 10.9 Å². The molecule has 1 aromatic carbocycles. The summed E-state index contributed by atoms with van der Waals surface area (Å²) in [5.41, 5.74) is 1.55. The first-order valence-corrected chi connectivity index (χ1v) is 4.90. The lowest BCUT2D eigenvalue weighted by Crippen LogP contribution is -2.07. The summed E-state index contributed by atoms with van der Waals surface area (Å²) in [6.45, 7) is 4.94. The molecule has 0 aliphatic carbocycles. The van der Waals surface area contributed by atoms with Crippen LogP contribution in [0.5, 0.6) is 0 Å². The molecule has 16 heavy (non-hydrogen) atoms. The fourth-order valence-corrected chi connectivity index (χ4v) is 1.88. The molecule has 0 bridgehead atoms. The predicted octanol–water partition coefficient (Wildman–Crippen LogP) is 2.47. The fraction of sp³-hybridized carbons (Fsp3) is 0.364. The van der Waals surface area contributed by atoms with Gasteiger partial charge in [-0.15, -0.1) is 0 Å². The molecule has 0 saturated carbocycles. The maximum atomic E-state index is 11.0. The van der Waals surface area contributed by atoms with Gasteiger partial charge in [0.15, 0.2) is 0 Å². The first-order valence-electron chi connectivity index (χ1n) is 4.90. The highest BCUT2D eigenvalue weighted by atomic mass is 16.6. The molecule has 0 spiro atoms. The molecule has 0 heterocycles. The first-order chi connectivity index (χ1) is 7.40. The van der Waals surface area contributed by atoms with E-state index in [1.54, 1.807) is 20.8 Å². The van der Waals surface area contributed by atoms with Crippen LogP contribution in [0.25, 0.3) is 0 Å². The van der Waals surface area contributed by atoms with Gasteiger partial charge in [-0.1, -0.05) is 6.92 Å². The highest BCUT2D eigenvalue weighted by molar-refractivity contribution is 5.90. The Morgan fingerprint density at radius 3 is 2.44 bits per heavy atom. The van der Waals surface area contributed by atoms with Gasteiger partial charge in [0, 0.05) is 11.1 Å². The Hall–Kier alpha value is -1.91. The molecule has 5 nitrogen and oxygen atoms in total. The standard InChI is InChI=1S/C11H13NO4/c1-4-8-7(3)9(11(13)14)5-6(2)10(8)12(15)16/h5H,4H2,1-3H3,(H,13,14). The summed E-state index contributed by atoms with van der Waals surface area (Å²) >= 11 is 0. The van der Waals surface area contributed by atoms with E-state index in [1.807, 2.05) is 0 Å². The molecule has 0 aromatic heterocycles. The summed E-state index contributed by atoms with van der Waals surface area (Å²) in [7, 11) is 0. The zero-order valence-electron chi connectivity index (χ0n) is 9.40. The van der Waals surface area contributed by atoms with Crippen LogP contribution in [0.2, 0.25) is 0 Å². The Bertz CT molecular complexity index is 466. The zero-order chi connectivity index (χ0) is 12.5. The molecule has 0 atom stereocenters. The number of carboxylic acid groups (broad SMARTS) is 1. The Balaban J connectivity index is 3.63. The number of carbonyl (C=O) groups is 1. The van der Waals surface area contributed by atoms with Gasteiger partial charge in [0.25, 0.3) is 5.69 Å². The molecule has 1 rings (SSSR count). The van der Waals surface area contributed by atoms with Crippen molar-refractivity contribution in [1.82, 2.24) is 0 Å². The van der Waals surface area contributed by atoms with Crippen LogP contribution in [-0.4, -0.2) is 16.0 Å². The smallest absolute Gasteiger partial charge is 0.335 e. The molecule has 0 unspecified atom stereocenters. The van der Waals surface area contributed by atoms with Gasteiger partial charge in [0.05, 0.1) is 10.5 Å². The van der Waals surface area contributed by atoms with Crippen LogP contribution < -0.4 is 0 Å². The Labute approximate surface area is 92.9 Å². The normalized spacial score (nSPS) is 10.2. The van der Waals surface area contributed by atoms with Crippen molar-refractivity contribution < 1.29 is 14.8 Å². The molecule has 0 saturated heterocycles. The largest absolute Gasteiger partial charge is 0.478 e. The molecule has 0 amide bonds. The zero-order valence-corrected chi connectivity index (χ0v) is 9.40. The second-order valence-electron chi connectivity index (χ2n) is 3.61. The third-order valence-electron chi connectivity index (χ3n) is 2.64. The fourth-order valence-electron chi connectivity index (χ4n) is 1.88. The molecule has 86 valence electrons. The summed E-state index contributed by atoms with van der Waals surface area (Å²) in [5.74, 6) is -1.05. The second-order valence-corrected chi connectivity index (χ2v) is 3.61. The molecule has 0 aliphatic rings. The lowest BCUT2D eigenvalue weighted by Gasteiger charge is -2.10. The number of aromatic carboxylic acids is 1. The molecule has 0 radical (unpaired) electrons. The van der Waals surface area contributed by atoms with Crippen molar-refractivity contribution in [3.8, 4) is 0 Å². The van der Waals surface area contributed by atoms with Crippen LogP contribution in [0.4, 0.5) is 5.69 Å². The van der Waals surface area contributed by atoms with Crippen molar-refractivity contribution in [3.05, 3.63) is 38.4 Å². The van der Waals surface area contributed by atoms with Gasteiger partial charge < -0.3 is 5.11 Å². The van der Waals surface area contributed by atoms with Crippen molar-refractivity contribution >= 4 is 11.7 Å². The minimum Gasteiger partial charge on any atom is -0.478 e. The van der Waals surface area contributed by atoms with Crippen molar-refractivity contribution in [2.24, 2.45) is 0 Å². The van der Waals surface area contributed by atoms with Gasteiger partial charge in [0.2, 0.25) is 0 Å². The SMILES string of the molecule is CCc1c(C)c(C(=O)O)cc(C)c1[N+](=O)[O-]. The number of nitro benzene ring substituents is 1. The highest BCUT2D eigenvalue weighted by Crippen LogP contribution is 2.29. The van der Waals surface area contributed by atoms with Gasteiger partial charge in [-0.25, -0.2) is 4.79 Å². The van der Waals surface area contributed by atoms with Crippen LogP contribution in [0.1, 0.15) is 34.0 Å². The highest BCUT2D eigenvalue weighted by Gasteiger charge is 2.22. The van der Waals surface area contributed by atoms with Crippen LogP contribution in [0, 0.1) is 24.0 Å². The minimum atomic E-state index is -1.05. The van der Waals surface area contributed by atoms with Crippen LogP contribution >= 0.6 is 0 Å². The third kappa shape index (κ3) is 1.88. The van der Waals surface area contributed by atoms with Crippen LogP contribution in [0.15, 0.2) is 6.07 Å². The van der Waals surface area contributed by atoms with E-state index >= 15 is 0 Å². The monoisotopic (exact) mass is 223 g/mol. The number of carboxylic acids is 1. The third-order valence-corrected chi connectivity index (χ3v) is 2.64. The lowest BCUT2D eigenvalue weighted by atomic mass is 9.95. The number of rotatable bonds is 3.